The van der Waals surface area contributed by atoms with Crippen LogP contribution in [0.2, 0.25) is 0 Å². The number of benzene rings is 1. The number of aryl methyl sites for hydroxylation is 1. The Bertz CT molecular complexity index is 893. The lowest BCUT2D eigenvalue weighted by Crippen LogP contribution is -2.17. The van der Waals surface area contributed by atoms with Crippen LogP contribution in [0.4, 0.5) is 0 Å². The Morgan fingerprint density at radius 3 is 2.45 bits per heavy atom. The third-order valence-electron chi connectivity index (χ3n) is 3.52. The number of hydrogen-bond donors (Lipinski definition) is 2. The van der Waals surface area contributed by atoms with Crippen molar-refractivity contribution >= 4 is 6.34 Å². The summed E-state index contributed by atoms with van der Waals surface area (Å²) in [6.45, 7) is 1.98. The lowest BCUT2D eigenvalue weighted by atomic mass is 9.98. The number of nitrogens with zero attached hydrogens (tertiary/aromatic N) is 2. The zero-order valence-electron chi connectivity index (χ0n) is 12.2. The highest BCUT2D eigenvalue weighted by molar-refractivity contribution is 5.82. The summed E-state index contributed by atoms with van der Waals surface area (Å²) in [5.74, 6) is 0. The summed E-state index contributed by atoms with van der Waals surface area (Å²) in [6.07, 6.45) is 2.93. The third-order valence-corrected chi connectivity index (χ3v) is 3.52. The van der Waals surface area contributed by atoms with Crippen LogP contribution in [0.3, 0.4) is 0 Å². The van der Waals surface area contributed by atoms with Gasteiger partial charge in [-0.2, -0.15) is 0 Å². The minimum atomic E-state index is 0.282. The number of pyridine rings is 2. The molecule has 1 aromatic carbocycles. The molecule has 4 nitrogen and oxygen atoms in total. The number of hydrogen-bond acceptors (Lipinski definition) is 3. The van der Waals surface area contributed by atoms with Gasteiger partial charge in [-0.05, 0) is 42.3 Å². The van der Waals surface area contributed by atoms with Crippen LogP contribution >= 0.6 is 0 Å². The van der Waals surface area contributed by atoms with Gasteiger partial charge in [0.1, 0.15) is 5.49 Å². The average molecular weight is 288 g/mol. The van der Waals surface area contributed by atoms with E-state index in [0.717, 1.165) is 34.4 Å². The Labute approximate surface area is 128 Å². The molecule has 22 heavy (non-hydrogen) atoms. The molecule has 3 rings (SSSR count). The van der Waals surface area contributed by atoms with E-state index in [1.807, 2.05) is 55.5 Å². The van der Waals surface area contributed by atoms with Gasteiger partial charge in [0, 0.05) is 17.5 Å². The van der Waals surface area contributed by atoms with Crippen LogP contribution in [0.25, 0.3) is 22.4 Å². The van der Waals surface area contributed by atoms with Crippen LogP contribution in [0.5, 0.6) is 0 Å². The highest BCUT2D eigenvalue weighted by atomic mass is 15.0. The molecule has 2 N–H and O–H groups in total. The first-order chi connectivity index (χ1) is 10.7. The van der Waals surface area contributed by atoms with Crippen molar-refractivity contribution in [2.75, 3.05) is 0 Å². The monoisotopic (exact) mass is 288 g/mol. The maximum Gasteiger partial charge on any atom is 0.130 e. The van der Waals surface area contributed by atoms with Crippen molar-refractivity contribution in [1.29, 1.82) is 10.8 Å². The number of nitrogens with one attached hydrogen (secondary N) is 2. The molecule has 0 atom stereocenters. The van der Waals surface area contributed by atoms with Crippen molar-refractivity contribution in [1.82, 2.24) is 9.55 Å². The van der Waals surface area contributed by atoms with Crippen molar-refractivity contribution < 1.29 is 0 Å². The Hall–Kier alpha value is -3.01. The Kier molecular flexibility index (Phi) is 3.66. The van der Waals surface area contributed by atoms with Crippen LogP contribution in [-0.2, 0) is 0 Å². The van der Waals surface area contributed by atoms with E-state index < -0.39 is 0 Å². The maximum atomic E-state index is 7.78. The molecule has 4 heteroatoms. The maximum absolute atomic E-state index is 7.78. The summed E-state index contributed by atoms with van der Waals surface area (Å²) < 4.78 is 1.48. The molecule has 0 unspecified atom stereocenters. The molecule has 108 valence electrons. The highest BCUT2D eigenvalue weighted by Gasteiger charge is 2.08. The molecule has 0 radical (unpaired) electrons. The Morgan fingerprint density at radius 2 is 1.73 bits per heavy atom. The van der Waals surface area contributed by atoms with Gasteiger partial charge in [0.25, 0.3) is 0 Å². The Morgan fingerprint density at radius 1 is 0.955 bits per heavy atom. The van der Waals surface area contributed by atoms with E-state index in [9.17, 15) is 0 Å². The van der Waals surface area contributed by atoms with Crippen molar-refractivity contribution in [2.45, 2.75) is 6.92 Å². The smallest absolute Gasteiger partial charge is 0.130 e. The molecular weight excluding hydrogens is 272 g/mol. The van der Waals surface area contributed by atoms with Crippen molar-refractivity contribution in [3.8, 4) is 22.4 Å². The SMILES string of the molecule is Cc1cccc(-c2ccccc2-c2ccc(=N)n(C=N)c2)n1. The largest absolute Gasteiger partial charge is 0.292 e. The van der Waals surface area contributed by atoms with Gasteiger partial charge in [0.15, 0.2) is 0 Å². The third kappa shape index (κ3) is 2.59. The highest BCUT2D eigenvalue weighted by Crippen LogP contribution is 2.30. The topological polar surface area (TPSA) is 65.5 Å². The zero-order valence-corrected chi connectivity index (χ0v) is 12.2. The predicted octanol–water partition coefficient (Wildman–Crippen LogP) is 3.46. The summed E-state index contributed by atoms with van der Waals surface area (Å²) in [6, 6.07) is 17.6. The average Bonchev–Trinajstić information content (AvgIpc) is 2.55. The van der Waals surface area contributed by atoms with E-state index in [1.165, 1.54) is 4.57 Å². The number of rotatable bonds is 3. The molecule has 0 saturated heterocycles. The van der Waals surface area contributed by atoms with Gasteiger partial charge >= 0.3 is 0 Å². The molecule has 0 spiro atoms. The van der Waals surface area contributed by atoms with E-state index >= 15 is 0 Å². The minimum absolute atomic E-state index is 0.282. The van der Waals surface area contributed by atoms with Crippen LogP contribution in [0.15, 0.2) is 60.8 Å². The van der Waals surface area contributed by atoms with Gasteiger partial charge in [-0.25, -0.2) is 0 Å². The van der Waals surface area contributed by atoms with Gasteiger partial charge < -0.3 is 0 Å². The predicted molar refractivity (Wildman–Crippen MR) is 87.9 cm³/mol. The van der Waals surface area contributed by atoms with Gasteiger partial charge in [-0.3, -0.25) is 20.4 Å². The molecule has 2 heterocycles. The first kappa shape index (κ1) is 13.9. The molecule has 0 saturated carbocycles. The molecule has 0 amide bonds. The molecule has 0 bridgehead atoms. The molecule has 0 fully saturated rings. The fourth-order valence-corrected chi connectivity index (χ4v) is 2.43. The van der Waals surface area contributed by atoms with Crippen LogP contribution < -0.4 is 5.49 Å². The van der Waals surface area contributed by atoms with Crippen LogP contribution in [-0.4, -0.2) is 15.9 Å². The van der Waals surface area contributed by atoms with Crippen LogP contribution in [0.1, 0.15) is 5.69 Å². The van der Waals surface area contributed by atoms with Gasteiger partial charge in [0.2, 0.25) is 0 Å². The molecule has 0 aliphatic rings. The molecule has 2 aromatic heterocycles. The lowest BCUT2D eigenvalue weighted by Gasteiger charge is -2.11. The normalized spacial score (nSPS) is 10.4. The second kappa shape index (κ2) is 5.77. The summed E-state index contributed by atoms with van der Waals surface area (Å²) >= 11 is 0. The summed E-state index contributed by atoms with van der Waals surface area (Å²) in [4.78, 5) is 4.60. The van der Waals surface area contributed by atoms with E-state index in [4.69, 9.17) is 10.8 Å². The minimum Gasteiger partial charge on any atom is -0.292 e. The second-order valence-electron chi connectivity index (χ2n) is 5.05. The van der Waals surface area contributed by atoms with Crippen LogP contribution in [0, 0.1) is 17.7 Å². The van der Waals surface area contributed by atoms with Gasteiger partial charge in [0.05, 0.1) is 12.0 Å². The summed E-state index contributed by atoms with van der Waals surface area (Å²) in [5.41, 5.74) is 5.22. The zero-order chi connectivity index (χ0) is 15.5. The summed E-state index contributed by atoms with van der Waals surface area (Å²) in [5, 5.41) is 15.2. The van der Waals surface area contributed by atoms with Crippen molar-refractivity contribution in [3.05, 3.63) is 72.0 Å². The Balaban J connectivity index is 2.21. The van der Waals surface area contributed by atoms with Crippen molar-refractivity contribution in [3.63, 3.8) is 0 Å². The molecular formula is C18H16N4. The number of aromatic nitrogens is 2. The molecule has 0 aliphatic heterocycles. The van der Waals surface area contributed by atoms with E-state index in [0.29, 0.717) is 0 Å². The molecule has 0 aliphatic carbocycles. The van der Waals surface area contributed by atoms with Gasteiger partial charge in [-0.15, -0.1) is 0 Å². The fraction of sp³-hybridized carbons (Fsp3) is 0.0556. The van der Waals surface area contributed by atoms with Crippen molar-refractivity contribution in [2.24, 2.45) is 0 Å². The first-order valence-corrected chi connectivity index (χ1v) is 7.00. The fourth-order valence-electron chi connectivity index (χ4n) is 2.43. The van der Waals surface area contributed by atoms with E-state index in [-0.39, 0.29) is 5.49 Å². The lowest BCUT2D eigenvalue weighted by molar-refractivity contribution is 0.989. The summed E-state index contributed by atoms with van der Waals surface area (Å²) in [7, 11) is 0. The quantitative estimate of drug-likeness (QED) is 0.562. The van der Waals surface area contributed by atoms with E-state index in [2.05, 4.69) is 4.98 Å². The van der Waals surface area contributed by atoms with Gasteiger partial charge in [-0.1, -0.05) is 30.3 Å². The van der Waals surface area contributed by atoms with E-state index in [1.54, 1.807) is 12.3 Å². The second-order valence-corrected chi connectivity index (χ2v) is 5.05. The molecule has 3 aromatic rings. The first-order valence-electron chi connectivity index (χ1n) is 7.00. The standard InChI is InChI=1S/C18H16N4/c1-13-5-4-8-17(21-13)16-7-3-2-6-15(16)14-9-10-18(20)22(11-14)12-19/h2-12,19-20H,1H3.